The Morgan fingerprint density at radius 2 is 1.83 bits per heavy atom. The number of hydrogen-bond acceptors (Lipinski definition) is 4. The SMILES string of the molecule is CCCN(C(=O)CCC(=O)c1ccc(C)s1)C(c1ccc(F)cc1)c1cccnc1. The quantitative estimate of drug-likeness (QED) is 0.421. The van der Waals surface area contributed by atoms with E-state index in [1.807, 2.05) is 38.1 Å². The number of rotatable bonds is 9. The van der Waals surface area contributed by atoms with E-state index in [2.05, 4.69) is 4.98 Å². The van der Waals surface area contributed by atoms with E-state index in [0.29, 0.717) is 11.4 Å². The lowest BCUT2D eigenvalue weighted by molar-refractivity contribution is -0.133. The van der Waals surface area contributed by atoms with Crippen LogP contribution in [0.5, 0.6) is 0 Å². The van der Waals surface area contributed by atoms with Crippen LogP contribution in [0.25, 0.3) is 0 Å². The smallest absolute Gasteiger partial charge is 0.223 e. The van der Waals surface area contributed by atoms with Crippen LogP contribution in [-0.4, -0.2) is 28.1 Å². The van der Waals surface area contributed by atoms with Gasteiger partial charge in [-0.05, 0) is 54.8 Å². The molecule has 0 N–H and O–H groups in total. The maximum Gasteiger partial charge on any atom is 0.223 e. The number of benzene rings is 1. The molecule has 30 heavy (non-hydrogen) atoms. The molecule has 3 rings (SSSR count). The van der Waals surface area contributed by atoms with Crippen LogP contribution in [0.1, 0.15) is 57.9 Å². The molecule has 0 saturated carbocycles. The van der Waals surface area contributed by atoms with Crippen LogP contribution in [-0.2, 0) is 4.79 Å². The van der Waals surface area contributed by atoms with Gasteiger partial charge in [0, 0.05) is 36.7 Å². The van der Waals surface area contributed by atoms with Crippen molar-refractivity contribution in [3.05, 3.63) is 87.6 Å². The second kappa shape index (κ2) is 10.3. The van der Waals surface area contributed by atoms with Crippen LogP contribution >= 0.6 is 11.3 Å². The summed E-state index contributed by atoms with van der Waals surface area (Å²) < 4.78 is 13.5. The van der Waals surface area contributed by atoms with Crippen molar-refractivity contribution in [2.24, 2.45) is 0 Å². The van der Waals surface area contributed by atoms with Gasteiger partial charge in [-0.3, -0.25) is 14.6 Å². The van der Waals surface area contributed by atoms with Crippen LogP contribution in [0.4, 0.5) is 4.39 Å². The molecule has 0 spiro atoms. The van der Waals surface area contributed by atoms with Crippen LogP contribution in [0, 0.1) is 12.7 Å². The number of amides is 1. The van der Waals surface area contributed by atoms with Gasteiger partial charge in [0.15, 0.2) is 5.78 Å². The van der Waals surface area contributed by atoms with Crippen molar-refractivity contribution in [1.82, 2.24) is 9.88 Å². The number of carbonyl (C=O) groups is 2. The Labute approximate surface area is 180 Å². The average Bonchev–Trinajstić information content (AvgIpc) is 3.20. The minimum absolute atomic E-state index is 0.0161. The molecule has 0 saturated heterocycles. The lowest BCUT2D eigenvalue weighted by Crippen LogP contribution is -2.36. The van der Waals surface area contributed by atoms with Crippen molar-refractivity contribution in [3.63, 3.8) is 0 Å². The number of pyridine rings is 1. The zero-order valence-corrected chi connectivity index (χ0v) is 18.0. The number of ketones is 1. The number of thiophene rings is 1. The van der Waals surface area contributed by atoms with E-state index in [-0.39, 0.29) is 36.4 Å². The Kier molecular flexibility index (Phi) is 7.46. The van der Waals surface area contributed by atoms with E-state index in [1.165, 1.54) is 23.5 Å². The number of aromatic nitrogens is 1. The minimum atomic E-state index is -0.383. The van der Waals surface area contributed by atoms with Crippen LogP contribution in [0.2, 0.25) is 0 Å². The van der Waals surface area contributed by atoms with E-state index in [1.54, 1.807) is 29.4 Å². The average molecular weight is 425 g/mol. The fraction of sp³-hybridized carbons (Fsp3) is 0.292. The first-order chi connectivity index (χ1) is 14.5. The first-order valence-corrected chi connectivity index (χ1v) is 10.9. The highest BCUT2D eigenvalue weighted by molar-refractivity contribution is 7.14. The lowest BCUT2D eigenvalue weighted by Gasteiger charge is -2.32. The summed E-state index contributed by atoms with van der Waals surface area (Å²) in [7, 11) is 0. The second-order valence-corrected chi connectivity index (χ2v) is 8.45. The number of hydrogen-bond donors (Lipinski definition) is 0. The zero-order chi connectivity index (χ0) is 21.5. The minimum Gasteiger partial charge on any atom is -0.331 e. The van der Waals surface area contributed by atoms with Gasteiger partial charge < -0.3 is 4.90 Å². The van der Waals surface area contributed by atoms with E-state index in [9.17, 15) is 14.0 Å². The summed E-state index contributed by atoms with van der Waals surface area (Å²) in [5.74, 6) is -0.442. The molecule has 0 bridgehead atoms. The van der Waals surface area contributed by atoms with Crippen molar-refractivity contribution >= 4 is 23.0 Å². The van der Waals surface area contributed by atoms with Crippen LogP contribution < -0.4 is 0 Å². The molecule has 1 amide bonds. The highest BCUT2D eigenvalue weighted by atomic mass is 32.1. The van der Waals surface area contributed by atoms with E-state index in [0.717, 1.165) is 22.4 Å². The molecular weight excluding hydrogens is 399 g/mol. The van der Waals surface area contributed by atoms with Crippen molar-refractivity contribution in [2.75, 3.05) is 6.54 Å². The summed E-state index contributed by atoms with van der Waals surface area (Å²) >= 11 is 1.45. The lowest BCUT2D eigenvalue weighted by atomic mass is 9.97. The molecule has 0 aliphatic carbocycles. The highest BCUT2D eigenvalue weighted by Crippen LogP contribution is 2.30. The van der Waals surface area contributed by atoms with Gasteiger partial charge in [-0.2, -0.15) is 0 Å². The van der Waals surface area contributed by atoms with E-state index >= 15 is 0 Å². The Bertz CT molecular complexity index is 986. The molecule has 0 aliphatic heterocycles. The molecule has 1 unspecified atom stereocenters. The van der Waals surface area contributed by atoms with Crippen molar-refractivity contribution in [1.29, 1.82) is 0 Å². The first kappa shape index (κ1) is 21.8. The molecule has 0 fully saturated rings. The van der Waals surface area contributed by atoms with Gasteiger partial charge in [-0.1, -0.05) is 25.1 Å². The van der Waals surface area contributed by atoms with Gasteiger partial charge in [-0.15, -0.1) is 11.3 Å². The molecule has 0 aliphatic rings. The Balaban J connectivity index is 1.84. The third kappa shape index (κ3) is 5.39. The topological polar surface area (TPSA) is 50.3 Å². The summed E-state index contributed by atoms with van der Waals surface area (Å²) in [4.78, 5) is 33.4. The highest BCUT2D eigenvalue weighted by Gasteiger charge is 2.27. The molecule has 4 nitrogen and oxygen atoms in total. The maximum absolute atomic E-state index is 13.5. The third-order valence-electron chi connectivity index (χ3n) is 4.86. The monoisotopic (exact) mass is 424 g/mol. The number of aryl methyl sites for hydroxylation is 1. The standard InChI is InChI=1S/C24H25FN2O2S/c1-3-15-27(23(29)13-11-21(28)22-12-6-17(2)30-22)24(19-5-4-14-26-16-19)18-7-9-20(25)10-8-18/h4-10,12,14,16,24H,3,11,13,15H2,1-2H3. The van der Waals surface area contributed by atoms with Gasteiger partial charge in [0.05, 0.1) is 10.9 Å². The van der Waals surface area contributed by atoms with Gasteiger partial charge in [-0.25, -0.2) is 4.39 Å². The Morgan fingerprint density at radius 1 is 1.07 bits per heavy atom. The number of nitrogens with zero attached hydrogens (tertiary/aromatic N) is 2. The Hall–Kier alpha value is -2.86. The first-order valence-electron chi connectivity index (χ1n) is 10.0. The van der Waals surface area contributed by atoms with Gasteiger partial charge in [0.1, 0.15) is 5.82 Å². The van der Waals surface area contributed by atoms with E-state index in [4.69, 9.17) is 0 Å². The Morgan fingerprint density at radius 3 is 2.43 bits per heavy atom. The zero-order valence-electron chi connectivity index (χ0n) is 17.2. The van der Waals surface area contributed by atoms with Gasteiger partial charge in [0.2, 0.25) is 5.91 Å². The molecule has 6 heteroatoms. The predicted molar refractivity (Wildman–Crippen MR) is 117 cm³/mol. The molecule has 3 aromatic rings. The van der Waals surface area contributed by atoms with Gasteiger partial charge >= 0.3 is 0 Å². The second-order valence-electron chi connectivity index (χ2n) is 7.16. The fourth-order valence-corrected chi connectivity index (χ4v) is 4.28. The number of carbonyl (C=O) groups excluding carboxylic acids is 2. The van der Waals surface area contributed by atoms with E-state index < -0.39 is 0 Å². The summed E-state index contributed by atoms with van der Waals surface area (Å²) in [6.45, 7) is 4.49. The summed E-state index contributed by atoms with van der Waals surface area (Å²) in [6, 6.07) is 13.3. The fourth-order valence-electron chi connectivity index (χ4n) is 3.45. The maximum atomic E-state index is 13.5. The molecule has 1 aromatic carbocycles. The van der Waals surface area contributed by atoms with Crippen molar-refractivity contribution in [3.8, 4) is 0 Å². The molecule has 2 heterocycles. The number of halogens is 1. The van der Waals surface area contributed by atoms with Gasteiger partial charge in [0.25, 0.3) is 0 Å². The van der Waals surface area contributed by atoms with Crippen molar-refractivity contribution < 1.29 is 14.0 Å². The molecule has 2 aromatic heterocycles. The summed E-state index contributed by atoms with van der Waals surface area (Å²) in [5, 5.41) is 0. The van der Waals surface area contributed by atoms with Crippen LogP contribution in [0.3, 0.4) is 0 Å². The molecule has 1 atom stereocenters. The molecule has 0 radical (unpaired) electrons. The van der Waals surface area contributed by atoms with Crippen molar-refractivity contribution in [2.45, 2.75) is 39.2 Å². The normalized spacial score (nSPS) is 11.8. The molecular formula is C24H25FN2O2S. The predicted octanol–water partition coefficient (Wildman–Crippen LogP) is 5.58. The summed E-state index contributed by atoms with van der Waals surface area (Å²) in [5.41, 5.74) is 1.66. The molecule has 156 valence electrons. The largest absolute Gasteiger partial charge is 0.331 e. The number of Topliss-reactive ketones (excluding diaryl/α,β-unsaturated/α-hetero) is 1. The van der Waals surface area contributed by atoms with Crippen LogP contribution in [0.15, 0.2) is 60.9 Å². The third-order valence-corrected chi connectivity index (χ3v) is 5.91. The summed E-state index contributed by atoms with van der Waals surface area (Å²) in [6.07, 6.45) is 4.47.